The fraction of sp³-hybridized carbons (Fsp3) is 0.238. The molecule has 0 spiro atoms. The largest absolute Gasteiger partial charge is 0.490 e. The molecule has 0 aliphatic carbocycles. The summed E-state index contributed by atoms with van der Waals surface area (Å²) in [6, 6.07) is 11.4. The highest BCUT2D eigenvalue weighted by atomic mass is 16.5. The molecule has 6 heteroatoms. The molecule has 2 aromatic rings. The minimum Gasteiger partial charge on any atom is -0.490 e. The van der Waals surface area contributed by atoms with E-state index in [1.54, 1.807) is 48.5 Å². The number of carbonyl (C=O) groups is 2. The second-order valence-electron chi connectivity index (χ2n) is 5.84. The molecule has 0 aromatic heterocycles. The van der Waals surface area contributed by atoms with Crippen LogP contribution in [0.2, 0.25) is 0 Å². The van der Waals surface area contributed by atoms with Crippen LogP contribution in [0.5, 0.6) is 17.2 Å². The predicted molar refractivity (Wildman–Crippen MR) is 98.8 cm³/mol. The van der Waals surface area contributed by atoms with Crippen molar-refractivity contribution >= 4 is 11.8 Å². The Kier molecular flexibility index (Phi) is 6.10. The Morgan fingerprint density at radius 3 is 2.44 bits per heavy atom. The van der Waals surface area contributed by atoms with Crippen LogP contribution in [0.1, 0.15) is 27.1 Å². The van der Waals surface area contributed by atoms with E-state index >= 15 is 0 Å². The van der Waals surface area contributed by atoms with Crippen molar-refractivity contribution in [2.75, 3.05) is 26.4 Å². The Bertz CT molecular complexity index is 825. The zero-order valence-electron chi connectivity index (χ0n) is 14.8. The van der Waals surface area contributed by atoms with Crippen LogP contribution >= 0.6 is 0 Å². The topological polar surface area (TPSA) is 71.1 Å². The molecule has 2 aromatic carbocycles. The number of ether oxygens (including phenoxy) is 4. The average Bonchev–Trinajstić information content (AvgIpc) is 2.95. The summed E-state index contributed by atoms with van der Waals surface area (Å²) in [5.41, 5.74) is 0.743. The van der Waals surface area contributed by atoms with Crippen molar-refractivity contribution in [2.24, 2.45) is 0 Å². The first-order valence-electron chi connectivity index (χ1n) is 8.61. The number of hydrogen-bond donors (Lipinski definition) is 0. The number of rotatable bonds is 7. The molecule has 0 radical (unpaired) electrons. The van der Waals surface area contributed by atoms with E-state index in [0.717, 1.165) is 6.42 Å². The number of hydrogen-bond acceptors (Lipinski definition) is 6. The number of ketones is 1. The van der Waals surface area contributed by atoms with Gasteiger partial charge >= 0.3 is 5.97 Å². The Hall–Kier alpha value is -3.28. The number of carbonyl (C=O) groups excluding carboxylic acids is 2. The Morgan fingerprint density at radius 2 is 1.70 bits per heavy atom. The molecule has 0 saturated heterocycles. The molecule has 140 valence electrons. The lowest BCUT2D eigenvalue weighted by atomic mass is 10.1. The fourth-order valence-electron chi connectivity index (χ4n) is 2.48. The van der Waals surface area contributed by atoms with Gasteiger partial charge in [-0.3, -0.25) is 4.79 Å². The van der Waals surface area contributed by atoms with Crippen LogP contribution in [0.15, 0.2) is 55.1 Å². The van der Waals surface area contributed by atoms with Gasteiger partial charge in [-0.25, -0.2) is 4.79 Å². The smallest absolute Gasteiger partial charge is 0.338 e. The SMILES string of the molecule is C=CCOc1ccc(C(=O)OCC(=O)c2ccc3c(c2)OCCCO3)cc1. The quantitative estimate of drug-likeness (QED) is 0.423. The second kappa shape index (κ2) is 8.89. The van der Waals surface area contributed by atoms with E-state index in [1.807, 2.05) is 0 Å². The molecule has 0 amide bonds. The van der Waals surface area contributed by atoms with E-state index in [1.165, 1.54) is 0 Å². The van der Waals surface area contributed by atoms with E-state index in [2.05, 4.69) is 6.58 Å². The summed E-state index contributed by atoms with van der Waals surface area (Å²) in [4.78, 5) is 24.4. The van der Waals surface area contributed by atoms with Crippen molar-refractivity contribution in [3.8, 4) is 17.2 Å². The highest BCUT2D eigenvalue weighted by molar-refractivity contribution is 5.99. The molecule has 0 unspecified atom stereocenters. The second-order valence-corrected chi connectivity index (χ2v) is 5.84. The van der Waals surface area contributed by atoms with E-state index in [9.17, 15) is 9.59 Å². The monoisotopic (exact) mass is 368 g/mol. The molecule has 1 aliphatic rings. The Balaban J connectivity index is 1.57. The van der Waals surface area contributed by atoms with Crippen LogP contribution in [0.3, 0.4) is 0 Å². The number of Topliss-reactive ketones (excluding diaryl/α,β-unsaturated/α-hetero) is 1. The molecule has 0 saturated carbocycles. The van der Waals surface area contributed by atoms with Crippen LogP contribution < -0.4 is 14.2 Å². The summed E-state index contributed by atoms with van der Waals surface area (Å²) in [6.45, 7) is 4.71. The molecule has 0 atom stereocenters. The zero-order valence-corrected chi connectivity index (χ0v) is 14.8. The maximum Gasteiger partial charge on any atom is 0.338 e. The van der Waals surface area contributed by atoms with Crippen LogP contribution in [0.25, 0.3) is 0 Å². The van der Waals surface area contributed by atoms with Crippen molar-refractivity contribution in [1.82, 2.24) is 0 Å². The standard InChI is InChI=1S/C21H20O6/c1-2-10-24-17-7-4-15(5-8-17)21(23)27-14-18(22)16-6-9-19-20(13-16)26-12-3-11-25-19/h2,4-9,13H,1,3,10-12,14H2. The van der Waals surface area contributed by atoms with Crippen LogP contribution in [0, 0.1) is 0 Å². The van der Waals surface area contributed by atoms with Crippen LogP contribution in [-0.2, 0) is 4.74 Å². The minimum atomic E-state index is -0.576. The van der Waals surface area contributed by atoms with Gasteiger partial charge in [0.1, 0.15) is 12.4 Å². The van der Waals surface area contributed by atoms with E-state index in [0.29, 0.717) is 48.2 Å². The fourth-order valence-corrected chi connectivity index (χ4v) is 2.48. The first kappa shape index (κ1) is 18.5. The van der Waals surface area contributed by atoms with Gasteiger partial charge in [-0.05, 0) is 42.5 Å². The summed E-state index contributed by atoms with van der Waals surface area (Å²) in [5.74, 6) is 0.868. The Morgan fingerprint density at radius 1 is 1.00 bits per heavy atom. The minimum absolute atomic E-state index is 0.315. The molecular formula is C21H20O6. The predicted octanol–water partition coefficient (Wildman–Crippen LogP) is 3.45. The molecule has 1 aliphatic heterocycles. The van der Waals surface area contributed by atoms with Gasteiger partial charge in [-0.15, -0.1) is 0 Å². The lowest BCUT2D eigenvalue weighted by Gasteiger charge is -2.09. The summed E-state index contributed by atoms with van der Waals surface area (Å²) < 4.78 is 21.6. The molecule has 0 fully saturated rings. The molecular weight excluding hydrogens is 348 g/mol. The van der Waals surface area contributed by atoms with Gasteiger partial charge in [-0.2, -0.15) is 0 Å². The van der Waals surface area contributed by atoms with Crippen molar-refractivity contribution in [2.45, 2.75) is 6.42 Å². The van der Waals surface area contributed by atoms with Crippen molar-refractivity contribution < 1.29 is 28.5 Å². The van der Waals surface area contributed by atoms with Gasteiger partial charge in [0.25, 0.3) is 0 Å². The van der Waals surface area contributed by atoms with E-state index in [-0.39, 0.29) is 12.4 Å². The van der Waals surface area contributed by atoms with E-state index in [4.69, 9.17) is 18.9 Å². The van der Waals surface area contributed by atoms with Crippen molar-refractivity contribution in [3.63, 3.8) is 0 Å². The maximum atomic E-state index is 12.3. The molecule has 0 N–H and O–H groups in total. The molecule has 0 bridgehead atoms. The molecule has 27 heavy (non-hydrogen) atoms. The van der Waals surface area contributed by atoms with Gasteiger partial charge in [0.2, 0.25) is 0 Å². The van der Waals surface area contributed by atoms with Crippen molar-refractivity contribution in [1.29, 1.82) is 0 Å². The van der Waals surface area contributed by atoms with Gasteiger partial charge in [0, 0.05) is 12.0 Å². The third kappa shape index (κ3) is 4.88. The maximum absolute atomic E-state index is 12.3. The highest BCUT2D eigenvalue weighted by Crippen LogP contribution is 2.30. The number of benzene rings is 2. The highest BCUT2D eigenvalue weighted by Gasteiger charge is 2.16. The summed E-state index contributed by atoms with van der Waals surface area (Å²) >= 11 is 0. The molecule has 1 heterocycles. The molecule has 6 nitrogen and oxygen atoms in total. The lowest BCUT2D eigenvalue weighted by Crippen LogP contribution is -2.14. The third-order valence-electron chi connectivity index (χ3n) is 3.86. The zero-order chi connectivity index (χ0) is 19.1. The van der Waals surface area contributed by atoms with Crippen LogP contribution in [0.4, 0.5) is 0 Å². The third-order valence-corrected chi connectivity index (χ3v) is 3.86. The number of esters is 1. The first-order valence-corrected chi connectivity index (χ1v) is 8.61. The van der Waals surface area contributed by atoms with Crippen LogP contribution in [-0.4, -0.2) is 38.2 Å². The van der Waals surface area contributed by atoms with Gasteiger partial charge < -0.3 is 18.9 Å². The van der Waals surface area contributed by atoms with E-state index < -0.39 is 5.97 Å². The van der Waals surface area contributed by atoms with Crippen molar-refractivity contribution in [3.05, 3.63) is 66.2 Å². The number of fused-ring (bicyclic) bond motifs is 1. The lowest BCUT2D eigenvalue weighted by molar-refractivity contribution is 0.0474. The summed E-state index contributed by atoms with van der Waals surface area (Å²) in [5, 5.41) is 0. The van der Waals surface area contributed by atoms with Gasteiger partial charge in [0.05, 0.1) is 18.8 Å². The van der Waals surface area contributed by atoms with Gasteiger partial charge in [0.15, 0.2) is 23.9 Å². The average molecular weight is 368 g/mol. The van der Waals surface area contributed by atoms with Gasteiger partial charge in [-0.1, -0.05) is 12.7 Å². The Labute approximate surface area is 157 Å². The first-order chi connectivity index (χ1) is 13.2. The summed E-state index contributed by atoms with van der Waals surface area (Å²) in [7, 11) is 0. The molecule has 3 rings (SSSR count). The normalized spacial score (nSPS) is 12.6. The summed E-state index contributed by atoms with van der Waals surface area (Å²) in [6.07, 6.45) is 2.42.